The van der Waals surface area contributed by atoms with E-state index in [-0.39, 0.29) is 0 Å². The summed E-state index contributed by atoms with van der Waals surface area (Å²) in [6.07, 6.45) is 2.64. The Bertz CT molecular complexity index is 532. The lowest BCUT2D eigenvalue weighted by Crippen LogP contribution is -2.33. The molecule has 1 aliphatic rings. The summed E-state index contributed by atoms with van der Waals surface area (Å²) in [6, 6.07) is 9.03. The highest BCUT2D eigenvalue weighted by Gasteiger charge is 2.15. The number of fused-ring (bicyclic) bond motifs is 1. The fourth-order valence-electron chi connectivity index (χ4n) is 2.32. The standard InChI is InChI=1S/C14H16ClNS2/c15-14-11-5-1-2-6-12(11)18-13(14)8-16-10-4-3-7-17-9-10/h1-2,5-6,10,16H,3-4,7-9H2. The molecular formula is C14H16ClNS2. The van der Waals surface area contributed by atoms with Crippen LogP contribution >= 0.6 is 34.7 Å². The SMILES string of the molecule is Clc1c(CNC2CCCSC2)sc2ccccc12. The smallest absolute Gasteiger partial charge is 0.0636 e. The highest BCUT2D eigenvalue weighted by Crippen LogP contribution is 2.35. The van der Waals surface area contributed by atoms with Gasteiger partial charge in [0.1, 0.15) is 0 Å². The summed E-state index contributed by atoms with van der Waals surface area (Å²) in [7, 11) is 0. The maximum atomic E-state index is 6.44. The van der Waals surface area contributed by atoms with Crippen molar-refractivity contribution in [3.8, 4) is 0 Å². The van der Waals surface area contributed by atoms with Gasteiger partial charge in [-0.1, -0.05) is 29.8 Å². The topological polar surface area (TPSA) is 12.0 Å². The zero-order valence-corrected chi connectivity index (χ0v) is 12.5. The maximum absolute atomic E-state index is 6.44. The Morgan fingerprint density at radius 3 is 3.00 bits per heavy atom. The van der Waals surface area contributed by atoms with Crippen LogP contribution in [0.2, 0.25) is 5.02 Å². The highest BCUT2D eigenvalue weighted by atomic mass is 35.5. The van der Waals surface area contributed by atoms with Crippen molar-refractivity contribution < 1.29 is 0 Å². The van der Waals surface area contributed by atoms with Crippen LogP contribution in [0.1, 0.15) is 17.7 Å². The van der Waals surface area contributed by atoms with Crippen molar-refractivity contribution in [3.63, 3.8) is 0 Å². The summed E-state index contributed by atoms with van der Waals surface area (Å²) in [5.74, 6) is 2.56. The minimum absolute atomic E-state index is 0.657. The molecule has 1 atom stereocenters. The van der Waals surface area contributed by atoms with Gasteiger partial charge in [0.15, 0.2) is 0 Å². The van der Waals surface area contributed by atoms with Gasteiger partial charge < -0.3 is 5.32 Å². The first kappa shape index (κ1) is 12.8. The second-order valence-corrected chi connectivity index (χ2v) is 7.29. The number of halogens is 1. The molecule has 0 aliphatic carbocycles. The largest absolute Gasteiger partial charge is 0.308 e. The van der Waals surface area contributed by atoms with E-state index in [1.54, 1.807) is 0 Å². The van der Waals surface area contributed by atoms with Crippen LogP contribution in [0.5, 0.6) is 0 Å². The highest BCUT2D eigenvalue weighted by molar-refractivity contribution is 7.99. The van der Waals surface area contributed by atoms with Gasteiger partial charge in [-0.15, -0.1) is 11.3 Å². The lowest BCUT2D eigenvalue weighted by atomic mass is 10.2. The molecular weight excluding hydrogens is 282 g/mol. The van der Waals surface area contributed by atoms with Gasteiger partial charge >= 0.3 is 0 Å². The summed E-state index contributed by atoms with van der Waals surface area (Å²) in [5, 5.41) is 5.77. The zero-order valence-electron chi connectivity index (χ0n) is 10.1. The van der Waals surface area contributed by atoms with Gasteiger partial charge in [-0.2, -0.15) is 11.8 Å². The van der Waals surface area contributed by atoms with Gasteiger partial charge in [0, 0.05) is 33.3 Å². The van der Waals surface area contributed by atoms with Gasteiger partial charge in [-0.3, -0.25) is 0 Å². The molecule has 0 spiro atoms. The van der Waals surface area contributed by atoms with E-state index >= 15 is 0 Å². The summed E-state index contributed by atoms with van der Waals surface area (Å²) in [4.78, 5) is 1.27. The minimum atomic E-state index is 0.657. The predicted octanol–water partition coefficient (Wildman–Crippen LogP) is 4.54. The number of thioether (sulfide) groups is 1. The fraction of sp³-hybridized carbons (Fsp3) is 0.429. The molecule has 1 N–H and O–H groups in total. The van der Waals surface area contributed by atoms with Crippen molar-refractivity contribution in [2.45, 2.75) is 25.4 Å². The molecule has 0 amide bonds. The average molecular weight is 298 g/mol. The normalized spacial score (nSPS) is 20.4. The molecule has 2 heterocycles. The second-order valence-electron chi connectivity index (χ2n) is 4.63. The molecule has 1 saturated heterocycles. The Balaban J connectivity index is 1.72. The Kier molecular flexibility index (Phi) is 4.14. The van der Waals surface area contributed by atoms with Crippen LogP contribution in [0.3, 0.4) is 0 Å². The van der Waals surface area contributed by atoms with Crippen molar-refractivity contribution in [2.75, 3.05) is 11.5 Å². The fourth-order valence-corrected chi connectivity index (χ4v) is 4.87. The third kappa shape index (κ3) is 2.69. The van der Waals surface area contributed by atoms with Crippen LogP contribution in [0.15, 0.2) is 24.3 Å². The van der Waals surface area contributed by atoms with E-state index in [0.717, 1.165) is 11.6 Å². The summed E-state index contributed by atoms with van der Waals surface area (Å²) in [6.45, 7) is 0.906. The van der Waals surface area contributed by atoms with Gasteiger partial charge in [0.2, 0.25) is 0 Å². The molecule has 1 aromatic heterocycles. The molecule has 2 aromatic rings. The Morgan fingerprint density at radius 1 is 1.33 bits per heavy atom. The first-order valence-corrected chi connectivity index (χ1v) is 8.66. The van der Waals surface area contributed by atoms with Crippen molar-refractivity contribution >= 4 is 44.8 Å². The van der Waals surface area contributed by atoms with E-state index in [1.807, 2.05) is 11.3 Å². The summed E-state index contributed by atoms with van der Waals surface area (Å²) in [5.41, 5.74) is 0. The van der Waals surface area contributed by atoms with Gasteiger partial charge in [-0.05, 0) is 24.7 Å². The Labute approximate surface area is 121 Å². The summed E-state index contributed by atoms with van der Waals surface area (Å²) >= 11 is 10.3. The molecule has 96 valence electrons. The lowest BCUT2D eigenvalue weighted by Gasteiger charge is -2.22. The van der Waals surface area contributed by atoms with Gasteiger partial charge in [0.05, 0.1) is 5.02 Å². The quantitative estimate of drug-likeness (QED) is 0.892. The van der Waals surface area contributed by atoms with Crippen LogP contribution in [0.25, 0.3) is 10.1 Å². The molecule has 18 heavy (non-hydrogen) atoms. The molecule has 4 heteroatoms. The molecule has 0 saturated carbocycles. The predicted molar refractivity (Wildman–Crippen MR) is 84.0 cm³/mol. The van der Waals surface area contributed by atoms with E-state index in [1.165, 1.54) is 39.3 Å². The molecule has 1 fully saturated rings. The Morgan fingerprint density at radius 2 is 2.22 bits per heavy atom. The molecule has 1 nitrogen and oxygen atoms in total. The van der Waals surface area contributed by atoms with Crippen LogP contribution in [-0.2, 0) is 6.54 Å². The molecule has 1 aromatic carbocycles. The molecule has 0 bridgehead atoms. The number of hydrogen-bond donors (Lipinski definition) is 1. The maximum Gasteiger partial charge on any atom is 0.0636 e. The van der Waals surface area contributed by atoms with Gasteiger partial charge in [-0.25, -0.2) is 0 Å². The minimum Gasteiger partial charge on any atom is -0.308 e. The number of hydrogen-bond acceptors (Lipinski definition) is 3. The third-order valence-corrected chi connectivity index (χ3v) is 6.24. The van der Waals surface area contributed by atoms with Crippen molar-refractivity contribution in [1.29, 1.82) is 0 Å². The first-order chi connectivity index (χ1) is 8.84. The van der Waals surface area contributed by atoms with Crippen molar-refractivity contribution in [1.82, 2.24) is 5.32 Å². The number of benzene rings is 1. The van der Waals surface area contributed by atoms with Crippen molar-refractivity contribution in [3.05, 3.63) is 34.2 Å². The van der Waals surface area contributed by atoms with E-state index < -0.39 is 0 Å². The van der Waals surface area contributed by atoms with Crippen molar-refractivity contribution in [2.24, 2.45) is 0 Å². The van der Waals surface area contributed by atoms with Crippen LogP contribution in [0.4, 0.5) is 0 Å². The Hall–Kier alpha value is -0.220. The van der Waals surface area contributed by atoms with E-state index in [4.69, 9.17) is 11.6 Å². The van der Waals surface area contributed by atoms with E-state index in [0.29, 0.717) is 6.04 Å². The summed E-state index contributed by atoms with van der Waals surface area (Å²) < 4.78 is 1.29. The average Bonchev–Trinajstić information content (AvgIpc) is 2.75. The third-order valence-electron chi connectivity index (χ3n) is 3.31. The molecule has 1 aliphatic heterocycles. The molecule has 3 rings (SSSR count). The molecule has 1 unspecified atom stereocenters. The van der Waals surface area contributed by atoms with Crippen LogP contribution in [-0.4, -0.2) is 17.5 Å². The lowest BCUT2D eigenvalue weighted by molar-refractivity contribution is 0.510. The first-order valence-electron chi connectivity index (χ1n) is 6.31. The zero-order chi connectivity index (χ0) is 12.4. The van der Waals surface area contributed by atoms with E-state index in [2.05, 4.69) is 41.3 Å². The van der Waals surface area contributed by atoms with Crippen LogP contribution in [0, 0.1) is 0 Å². The molecule has 0 radical (unpaired) electrons. The number of thiophene rings is 1. The van der Waals surface area contributed by atoms with E-state index in [9.17, 15) is 0 Å². The van der Waals surface area contributed by atoms with Gasteiger partial charge in [0.25, 0.3) is 0 Å². The number of nitrogens with one attached hydrogen (secondary N) is 1. The number of rotatable bonds is 3. The van der Waals surface area contributed by atoms with Crippen LogP contribution < -0.4 is 5.32 Å². The second kappa shape index (κ2) is 5.83. The monoisotopic (exact) mass is 297 g/mol.